The van der Waals surface area contributed by atoms with Gasteiger partial charge in [0.2, 0.25) is 0 Å². The number of aliphatic hydroxyl groups excluding tert-OH is 1. The molecule has 110 valence electrons. The Kier molecular flexibility index (Phi) is 5.83. The van der Waals surface area contributed by atoms with Gasteiger partial charge < -0.3 is 19.6 Å². The van der Waals surface area contributed by atoms with Crippen molar-refractivity contribution < 1.29 is 14.3 Å². The van der Waals surface area contributed by atoms with Crippen LogP contribution in [0.5, 0.6) is 5.75 Å². The van der Waals surface area contributed by atoms with Crippen molar-refractivity contribution in [2.24, 2.45) is 0 Å². The summed E-state index contributed by atoms with van der Waals surface area (Å²) in [6, 6.07) is 12.8. The van der Waals surface area contributed by atoms with Crippen LogP contribution in [0, 0.1) is 11.3 Å². The van der Waals surface area contributed by atoms with Crippen LogP contribution in [-0.4, -0.2) is 30.9 Å². The highest BCUT2D eigenvalue weighted by Crippen LogP contribution is 2.16. The average molecular weight is 286 g/mol. The molecular weight excluding hydrogens is 268 g/mol. The quantitative estimate of drug-likeness (QED) is 0.722. The van der Waals surface area contributed by atoms with Crippen LogP contribution in [0.1, 0.15) is 11.3 Å². The number of aliphatic hydroxyl groups is 1. The molecule has 1 aromatic heterocycles. The predicted molar refractivity (Wildman–Crippen MR) is 77.9 cm³/mol. The molecule has 0 aliphatic carbocycles. The van der Waals surface area contributed by atoms with E-state index in [1.807, 2.05) is 12.1 Å². The lowest BCUT2D eigenvalue weighted by atomic mass is 10.2. The van der Waals surface area contributed by atoms with E-state index in [0.717, 1.165) is 18.7 Å². The molecule has 0 saturated carbocycles. The van der Waals surface area contributed by atoms with Gasteiger partial charge >= 0.3 is 0 Å². The number of hydrogen-bond donors (Lipinski definition) is 2. The molecule has 0 aliphatic rings. The summed E-state index contributed by atoms with van der Waals surface area (Å²) in [6.45, 7) is 1.29. The van der Waals surface area contributed by atoms with Crippen molar-refractivity contribution in [3.63, 3.8) is 0 Å². The Labute approximate surface area is 123 Å². The molecule has 0 amide bonds. The summed E-state index contributed by atoms with van der Waals surface area (Å²) in [4.78, 5) is 0. The van der Waals surface area contributed by atoms with E-state index in [4.69, 9.17) is 14.4 Å². The number of nitrogens with one attached hydrogen (secondary N) is 1. The highest BCUT2D eigenvalue weighted by molar-refractivity contribution is 5.42. The lowest BCUT2D eigenvalue weighted by Crippen LogP contribution is -2.32. The summed E-state index contributed by atoms with van der Waals surface area (Å²) in [6.07, 6.45) is 1.79. The Balaban J connectivity index is 1.65. The van der Waals surface area contributed by atoms with E-state index in [1.165, 1.54) is 0 Å². The molecule has 0 fully saturated rings. The third-order valence-corrected chi connectivity index (χ3v) is 2.95. The van der Waals surface area contributed by atoms with Gasteiger partial charge in [-0.3, -0.25) is 0 Å². The van der Waals surface area contributed by atoms with Gasteiger partial charge in [0.25, 0.3) is 0 Å². The van der Waals surface area contributed by atoms with Crippen LogP contribution in [-0.2, 0) is 6.42 Å². The maximum atomic E-state index is 9.84. The van der Waals surface area contributed by atoms with Gasteiger partial charge in [0.05, 0.1) is 11.8 Å². The van der Waals surface area contributed by atoms with Crippen molar-refractivity contribution in [3.8, 4) is 11.8 Å². The molecule has 2 rings (SSSR count). The first kappa shape index (κ1) is 15.1. The Bertz CT molecular complexity index is 575. The Hall–Kier alpha value is -2.29. The fraction of sp³-hybridized carbons (Fsp3) is 0.312. The number of para-hydroxylation sites is 1. The molecule has 0 aliphatic heterocycles. The number of furan rings is 1. The maximum Gasteiger partial charge on any atom is 0.137 e. The number of nitriles is 1. The molecule has 2 N–H and O–H groups in total. The van der Waals surface area contributed by atoms with Crippen molar-refractivity contribution in [1.82, 2.24) is 5.32 Å². The van der Waals surface area contributed by atoms with Crippen LogP contribution in [0.2, 0.25) is 0 Å². The summed E-state index contributed by atoms with van der Waals surface area (Å²) in [7, 11) is 0. The molecule has 0 bridgehead atoms. The van der Waals surface area contributed by atoms with Crippen molar-refractivity contribution >= 4 is 0 Å². The first-order valence-electron chi connectivity index (χ1n) is 6.82. The molecule has 0 spiro atoms. The molecule has 2 aromatic rings. The molecule has 0 radical (unpaired) electrons. The van der Waals surface area contributed by atoms with Crippen LogP contribution < -0.4 is 10.1 Å². The Morgan fingerprint density at radius 1 is 1.29 bits per heavy atom. The smallest absolute Gasteiger partial charge is 0.137 e. The summed E-state index contributed by atoms with van der Waals surface area (Å²) in [5.74, 6) is 1.41. The first-order chi connectivity index (χ1) is 10.3. The van der Waals surface area contributed by atoms with Crippen LogP contribution in [0.4, 0.5) is 0 Å². The molecular formula is C16H18N2O3. The molecule has 1 unspecified atom stereocenters. The highest BCUT2D eigenvalue weighted by Gasteiger charge is 2.07. The lowest BCUT2D eigenvalue weighted by Gasteiger charge is -2.13. The minimum atomic E-state index is -0.631. The minimum Gasteiger partial charge on any atom is -0.489 e. The van der Waals surface area contributed by atoms with E-state index in [1.54, 1.807) is 30.5 Å². The van der Waals surface area contributed by atoms with Gasteiger partial charge in [-0.1, -0.05) is 12.1 Å². The summed E-state index contributed by atoms with van der Waals surface area (Å²) < 4.78 is 10.7. The maximum absolute atomic E-state index is 9.84. The normalized spacial score (nSPS) is 11.8. The van der Waals surface area contributed by atoms with E-state index in [0.29, 0.717) is 17.9 Å². The number of benzene rings is 1. The van der Waals surface area contributed by atoms with E-state index in [-0.39, 0.29) is 6.61 Å². The second kappa shape index (κ2) is 8.10. The Morgan fingerprint density at radius 2 is 2.14 bits per heavy atom. The Morgan fingerprint density at radius 3 is 2.90 bits per heavy atom. The molecule has 1 heterocycles. The van der Waals surface area contributed by atoms with Crippen LogP contribution in [0.15, 0.2) is 47.1 Å². The summed E-state index contributed by atoms with van der Waals surface area (Å²) in [5.41, 5.74) is 0.468. The highest BCUT2D eigenvalue weighted by atomic mass is 16.5. The number of hydrogen-bond acceptors (Lipinski definition) is 5. The van der Waals surface area contributed by atoms with Gasteiger partial charge in [-0.25, -0.2) is 0 Å². The van der Waals surface area contributed by atoms with Crippen LogP contribution in [0.3, 0.4) is 0 Å². The van der Waals surface area contributed by atoms with E-state index < -0.39 is 6.10 Å². The largest absolute Gasteiger partial charge is 0.489 e. The number of rotatable bonds is 8. The lowest BCUT2D eigenvalue weighted by molar-refractivity contribution is 0.106. The van der Waals surface area contributed by atoms with Gasteiger partial charge in [0.15, 0.2) is 0 Å². The van der Waals surface area contributed by atoms with Gasteiger partial charge in [-0.05, 0) is 24.3 Å². The third-order valence-electron chi connectivity index (χ3n) is 2.95. The van der Waals surface area contributed by atoms with Crippen molar-refractivity contribution in [2.75, 3.05) is 19.7 Å². The first-order valence-corrected chi connectivity index (χ1v) is 6.82. The van der Waals surface area contributed by atoms with Gasteiger partial charge in [-0.15, -0.1) is 0 Å². The fourth-order valence-electron chi connectivity index (χ4n) is 1.86. The second-order valence-corrected chi connectivity index (χ2v) is 4.61. The fourth-order valence-corrected chi connectivity index (χ4v) is 1.86. The minimum absolute atomic E-state index is 0.145. The zero-order chi connectivity index (χ0) is 14.9. The van der Waals surface area contributed by atoms with Gasteiger partial charge in [0, 0.05) is 19.5 Å². The molecule has 21 heavy (non-hydrogen) atoms. The van der Waals surface area contributed by atoms with Gasteiger partial charge in [-0.2, -0.15) is 5.26 Å². The second-order valence-electron chi connectivity index (χ2n) is 4.61. The predicted octanol–water partition coefficient (Wildman–Crippen LogP) is 1.72. The van der Waals surface area contributed by atoms with Crippen molar-refractivity contribution in [2.45, 2.75) is 12.5 Å². The van der Waals surface area contributed by atoms with Gasteiger partial charge in [0.1, 0.15) is 30.3 Å². The zero-order valence-electron chi connectivity index (χ0n) is 11.7. The number of nitrogens with zero attached hydrogens (tertiary/aromatic N) is 1. The van der Waals surface area contributed by atoms with E-state index in [2.05, 4.69) is 11.4 Å². The average Bonchev–Trinajstić information content (AvgIpc) is 3.03. The monoisotopic (exact) mass is 286 g/mol. The van der Waals surface area contributed by atoms with Crippen molar-refractivity contribution in [3.05, 3.63) is 54.0 Å². The van der Waals surface area contributed by atoms with Crippen molar-refractivity contribution in [1.29, 1.82) is 5.26 Å². The molecule has 5 heteroatoms. The molecule has 0 saturated heterocycles. The zero-order valence-corrected chi connectivity index (χ0v) is 11.7. The van der Waals surface area contributed by atoms with Crippen LogP contribution in [0.25, 0.3) is 0 Å². The standard InChI is InChI=1S/C16H18N2O3/c17-10-13-4-1-2-6-16(13)21-12-14(19)11-18-8-7-15-5-3-9-20-15/h1-6,9,14,18-19H,7-8,11-12H2. The summed E-state index contributed by atoms with van der Waals surface area (Å²) >= 11 is 0. The third kappa shape index (κ3) is 4.95. The van der Waals surface area contributed by atoms with Crippen LogP contribution >= 0.6 is 0 Å². The van der Waals surface area contributed by atoms with E-state index >= 15 is 0 Å². The summed E-state index contributed by atoms with van der Waals surface area (Å²) in [5, 5.41) is 21.9. The van der Waals surface area contributed by atoms with E-state index in [9.17, 15) is 5.11 Å². The molecule has 1 aromatic carbocycles. The number of ether oxygens (including phenoxy) is 1. The topological polar surface area (TPSA) is 78.4 Å². The molecule has 1 atom stereocenters. The molecule has 5 nitrogen and oxygen atoms in total. The SMILES string of the molecule is N#Cc1ccccc1OCC(O)CNCCc1ccco1.